The summed E-state index contributed by atoms with van der Waals surface area (Å²) in [5, 5.41) is 4.64. The SMILES string of the molecule is Cc1cccc(NC(=O)[C@H]2CCCN(CN3C(=O)N[C@@](c4ccccc4)(C(F)(F)F)C3=O)C2)n1. The van der Waals surface area contributed by atoms with E-state index in [0.717, 1.165) is 17.8 Å². The molecule has 0 radical (unpaired) electrons. The van der Waals surface area contributed by atoms with Gasteiger partial charge in [-0.15, -0.1) is 0 Å². The van der Waals surface area contributed by atoms with Gasteiger partial charge in [-0.25, -0.2) is 14.7 Å². The second-order valence-corrected chi connectivity index (χ2v) is 8.49. The molecule has 2 aliphatic rings. The molecule has 11 heteroatoms. The highest BCUT2D eigenvalue weighted by Gasteiger charge is 2.68. The van der Waals surface area contributed by atoms with E-state index < -0.39 is 29.6 Å². The lowest BCUT2D eigenvalue weighted by Gasteiger charge is -2.34. The second-order valence-electron chi connectivity index (χ2n) is 8.49. The summed E-state index contributed by atoms with van der Waals surface area (Å²) >= 11 is 0. The molecule has 2 N–H and O–H groups in total. The second kappa shape index (κ2) is 9.05. The van der Waals surface area contributed by atoms with E-state index in [1.807, 2.05) is 5.32 Å². The number of hydrogen-bond acceptors (Lipinski definition) is 5. The molecule has 3 heterocycles. The number of amides is 4. The van der Waals surface area contributed by atoms with Crippen molar-refractivity contribution in [1.29, 1.82) is 0 Å². The minimum absolute atomic E-state index is 0.194. The van der Waals surface area contributed by atoms with Gasteiger partial charge in [-0.3, -0.25) is 14.5 Å². The van der Waals surface area contributed by atoms with Gasteiger partial charge < -0.3 is 10.6 Å². The number of urea groups is 1. The number of nitrogens with zero attached hydrogens (tertiary/aromatic N) is 3. The van der Waals surface area contributed by atoms with E-state index in [4.69, 9.17) is 0 Å². The summed E-state index contributed by atoms with van der Waals surface area (Å²) in [5.74, 6) is -1.70. The number of carbonyl (C=O) groups excluding carboxylic acids is 3. The summed E-state index contributed by atoms with van der Waals surface area (Å²) in [6.07, 6.45) is -3.88. The minimum Gasteiger partial charge on any atom is -0.312 e. The van der Waals surface area contributed by atoms with Crippen molar-refractivity contribution in [2.75, 3.05) is 25.1 Å². The van der Waals surface area contributed by atoms with E-state index in [0.29, 0.717) is 30.1 Å². The summed E-state index contributed by atoms with van der Waals surface area (Å²) in [4.78, 5) is 44.8. The molecule has 2 fully saturated rings. The number of benzene rings is 1. The molecule has 0 saturated carbocycles. The van der Waals surface area contributed by atoms with Crippen molar-refractivity contribution in [3.8, 4) is 0 Å². The Bertz CT molecular complexity index is 1090. The van der Waals surface area contributed by atoms with E-state index in [2.05, 4.69) is 10.3 Å². The van der Waals surface area contributed by atoms with Gasteiger partial charge in [0.25, 0.3) is 5.91 Å². The third-order valence-electron chi connectivity index (χ3n) is 6.09. The fourth-order valence-corrected chi connectivity index (χ4v) is 4.38. The number of anilines is 1. The van der Waals surface area contributed by atoms with Gasteiger partial charge in [-0.2, -0.15) is 13.2 Å². The van der Waals surface area contributed by atoms with Gasteiger partial charge in [-0.1, -0.05) is 36.4 Å². The quantitative estimate of drug-likeness (QED) is 0.649. The highest BCUT2D eigenvalue weighted by molar-refractivity contribution is 6.08. The van der Waals surface area contributed by atoms with Crippen LogP contribution in [0, 0.1) is 12.8 Å². The summed E-state index contributed by atoms with van der Waals surface area (Å²) in [6.45, 7) is 2.08. The Morgan fingerprint density at radius 3 is 2.59 bits per heavy atom. The molecular weight excluding hydrogens is 451 g/mol. The first-order chi connectivity index (χ1) is 16.1. The third kappa shape index (κ3) is 4.35. The van der Waals surface area contributed by atoms with Gasteiger partial charge in [-0.05, 0) is 44.0 Å². The van der Waals surface area contributed by atoms with Crippen molar-refractivity contribution in [3.63, 3.8) is 0 Å². The topological polar surface area (TPSA) is 94.6 Å². The highest BCUT2D eigenvalue weighted by atomic mass is 19.4. The number of halogens is 3. The smallest absolute Gasteiger partial charge is 0.312 e. The lowest BCUT2D eigenvalue weighted by Crippen LogP contribution is -2.56. The molecule has 2 aliphatic heterocycles. The maximum Gasteiger partial charge on any atom is 0.425 e. The molecule has 2 aromatic rings. The van der Waals surface area contributed by atoms with Gasteiger partial charge in [0.2, 0.25) is 11.4 Å². The Morgan fingerprint density at radius 2 is 1.91 bits per heavy atom. The summed E-state index contributed by atoms with van der Waals surface area (Å²) < 4.78 is 42.4. The van der Waals surface area contributed by atoms with E-state index >= 15 is 0 Å². The maximum absolute atomic E-state index is 14.1. The van der Waals surface area contributed by atoms with Crippen LogP contribution in [0.3, 0.4) is 0 Å². The molecule has 0 aliphatic carbocycles. The third-order valence-corrected chi connectivity index (χ3v) is 6.09. The molecule has 0 unspecified atom stereocenters. The lowest BCUT2D eigenvalue weighted by atomic mass is 9.89. The first kappa shape index (κ1) is 23.7. The molecule has 0 bridgehead atoms. The zero-order chi connectivity index (χ0) is 24.5. The number of imide groups is 1. The molecule has 8 nitrogen and oxygen atoms in total. The molecule has 34 heavy (non-hydrogen) atoms. The van der Waals surface area contributed by atoms with E-state index in [9.17, 15) is 27.6 Å². The Labute approximate surface area is 194 Å². The number of aromatic nitrogens is 1. The first-order valence-corrected chi connectivity index (χ1v) is 10.8. The van der Waals surface area contributed by atoms with Crippen LogP contribution >= 0.6 is 0 Å². The number of carbonyl (C=O) groups is 3. The van der Waals surface area contributed by atoms with Crippen LogP contribution in [-0.4, -0.2) is 58.6 Å². The zero-order valence-electron chi connectivity index (χ0n) is 18.4. The molecule has 4 amide bonds. The van der Waals surface area contributed by atoms with Gasteiger partial charge >= 0.3 is 12.2 Å². The van der Waals surface area contributed by atoms with Crippen molar-refractivity contribution in [1.82, 2.24) is 20.1 Å². The average Bonchev–Trinajstić information content (AvgIpc) is 3.05. The van der Waals surface area contributed by atoms with Crippen LogP contribution in [0.4, 0.5) is 23.8 Å². The van der Waals surface area contributed by atoms with Crippen molar-refractivity contribution < 1.29 is 27.6 Å². The fourth-order valence-electron chi connectivity index (χ4n) is 4.38. The Kier molecular flexibility index (Phi) is 6.30. The van der Waals surface area contributed by atoms with E-state index in [-0.39, 0.29) is 24.7 Å². The standard InChI is InChI=1S/C23H24F3N5O3/c1-15-7-5-11-18(27-15)28-19(32)16-8-6-12-30(13-16)14-31-20(33)22(23(24,25)26,29-21(31)34)17-9-3-2-4-10-17/h2-5,7,9-11,16H,6,8,12-14H2,1H3,(H,29,34)(H,27,28,32)/t16-,22+/m0/s1. The normalized spacial score (nSPS) is 23.6. The number of nitrogens with one attached hydrogen (secondary N) is 2. The monoisotopic (exact) mass is 475 g/mol. The highest BCUT2D eigenvalue weighted by Crippen LogP contribution is 2.43. The van der Waals surface area contributed by atoms with Gasteiger partial charge in [0.05, 0.1) is 12.6 Å². The van der Waals surface area contributed by atoms with Crippen LogP contribution in [-0.2, 0) is 15.1 Å². The Hall–Kier alpha value is -3.47. The van der Waals surface area contributed by atoms with Crippen molar-refractivity contribution >= 4 is 23.7 Å². The molecule has 1 aromatic carbocycles. The molecule has 0 spiro atoms. The molecule has 1 aromatic heterocycles. The van der Waals surface area contributed by atoms with Gasteiger partial charge in [0, 0.05) is 12.2 Å². The van der Waals surface area contributed by atoms with Gasteiger partial charge in [0.1, 0.15) is 5.82 Å². The summed E-state index contributed by atoms with van der Waals surface area (Å²) in [7, 11) is 0. The minimum atomic E-state index is -5.04. The number of rotatable bonds is 5. The molecule has 2 atom stereocenters. The van der Waals surface area contributed by atoms with Crippen LogP contribution in [0.2, 0.25) is 0 Å². The largest absolute Gasteiger partial charge is 0.425 e. The number of piperidine rings is 1. The van der Waals surface area contributed by atoms with Crippen LogP contribution in [0.25, 0.3) is 0 Å². The van der Waals surface area contributed by atoms with Crippen LogP contribution < -0.4 is 10.6 Å². The summed E-state index contributed by atoms with van der Waals surface area (Å²) in [6, 6.07) is 10.7. The number of hydrogen-bond donors (Lipinski definition) is 2. The summed E-state index contributed by atoms with van der Waals surface area (Å²) in [5.41, 5.74) is -2.76. The van der Waals surface area contributed by atoms with Crippen molar-refractivity contribution in [3.05, 3.63) is 59.8 Å². The molecule has 4 rings (SSSR count). The molecule has 2 saturated heterocycles. The predicted octanol–water partition coefficient (Wildman–Crippen LogP) is 3.01. The van der Waals surface area contributed by atoms with Crippen molar-refractivity contribution in [2.45, 2.75) is 31.5 Å². The number of aryl methyl sites for hydroxylation is 1. The Morgan fingerprint density at radius 1 is 1.18 bits per heavy atom. The van der Waals surface area contributed by atoms with Gasteiger partial charge in [0.15, 0.2) is 0 Å². The van der Waals surface area contributed by atoms with Crippen molar-refractivity contribution in [2.24, 2.45) is 5.92 Å². The number of alkyl halides is 3. The number of likely N-dealkylation sites (tertiary alicyclic amines) is 1. The van der Waals surface area contributed by atoms with E-state index in [1.54, 1.807) is 30.0 Å². The first-order valence-electron chi connectivity index (χ1n) is 10.8. The van der Waals surface area contributed by atoms with Crippen LogP contribution in [0.5, 0.6) is 0 Å². The predicted molar refractivity (Wildman–Crippen MR) is 116 cm³/mol. The zero-order valence-corrected chi connectivity index (χ0v) is 18.4. The average molecular weight is 475 g/mol. The lowest BCUT2D eigenvalue weighted by molar-refractivity contribution is -0.198. The molecular formula is C23H24F3N5O3. The maximum atomic E-state index is 14.1. The van der Waals surface area contributed by atoms with Crippen LogP contribution in [0.1, 0.15) is 24.1 Å². The number of pyridine rings is 1. The molecule has 180 valence electrons. The van der Waals surface area contributed by atoms with E-state index in [1.165, 1.54) is 18.2 Å². The fraction of sp³-hybridized carbons (Fsp3) is 0.391. The Balaban J connectivity index is 1.48. The van der Waals surface area contributed by atoms with Crippen LogP contribution in [0.15, 0.2) is 48.5 Å².